The number of ether oxygens (including phenoxy) is 1. The molecule has 0 saturated heterocycles. The normalized spacial score (nSPS) is 12.5. The molecule has 3 N–H and O–H groups in total. The van der Waals surface area contributed by atoms with Crippen molar-refractivity contribution in [1.29, 1.82) is 0 Å². The van der Waals surface area contributed by atoms with Crippen LogP contribution in [0.5, 0.6) is 5.75 Å². The largest absolute Gasteiger partial charge is 0.496 e. The maximum atomic E-state index is 11.2. The van der Waals surface area contributed by atoms with E-state index in [1.165, 1.54) is 0 Å². The number of nitrogens with one attached hydrogen (secondary N) is 2. The van der Waals surface area contributed by atoms with E-state index < -0.39 is 6.10 Å². The number of aromatic amines is 2. The number of benzene rings is 2. The highest BCUT2D eigenvalue weighted by Crippen LogP contribution is 2.30. The van der Waals surface area contributed by atoms with Crippen LogP contribution in [0.3, 0.4) is 0 Å². The van der Waals surface area contributed by atoms with Gasteiger partial charge in [0.15, 0.2) is 0 Å². The van der Waals surface area contributed by atoms with Gasteiger partial charge in [0.1, 0.15) is 11.9 Å². The van der Waals surface area contributed by atoms with Crippen LogP contribution < -0.4 is 10.4 Å². The monoisotopic (exact) mass is 270 g/mol. The highest BCUT2D eigenvalue weighted by atomic mass is 16.5. The Bertz CT molecular complexity index is 804. The van der Waals surface area contributed by atoms with Gasteiger partial charge in [-0.05, 0) is 23.8 Å². The molecular formula is C15H14N2O3. The van der Waals surface area contributed by atoms with E-state index in [0.29, 0.717) is 27.9 Å². The van der Waals surface area contributed by atoms with Crippen LogP contribution in [0.2, 0.25) is 0 Å². The Hall–Kier alpha value is -2.53. The second-order valence-electron chi connectivity index (χ2n) is 4.53. The first-order valence-electron chi connectivity index (χ1n) is 6.22. The second-order valence-corrected chi connectivity index (χ2v) is 4.53. The van der Waals surface area contributed by atoms with Crippen molar-refractivity contribution >= 4 is 11.0 Å². The van der Waals surface area contributed by atoms with E-state index in [2.05, 4.69) is 9.97 Å². The van der Waals surface area contributed by atoms with Crippen LogP contribution in [0.15, 0.2) is 47.3 Å². The van der Waals surface area contributed by atoms with E-state index in [9.17, 15) is 9.90 Å². The smallest absolute Gasteiger partial charge is 0.323 e. The lowest BCUT2D eigenvalue weighted by Gasteiger charge is -2.15. The number of para-hydroxylation sites is 1. The van der Waals surface area contributed by atoms with Crippen molar-refractivity contribution in [3.8, 4) is 5.75 Å². The summed E-state index contributed by atoms with van der Waals surface area (Å²) in [6.07, 6.45) is -0.811. The number of rotatable bonds is 3. The van der Waals surface area contributed by atoms with Crippen molar-refractivity contribution in [2.45, 2.75) is 6.10 Å². The third kappa shape index (κ3) is 2.08. The second kappa shape index (κ2) is 4.86. The lowest BCUT2D eigenvalue weighted by atomic mass is 10.0. The molecule has 3 rings (SSSR count). The Morgan fingerprint density at radius 1 is 1.10 bits per heavy atom. The summed E-state index contributed by atoms with van der Waals surface area (Å²) >= 11 is 0. The fourth-order valence-electron chi connectivity index (χ4n) is 2.29. The molecule has 0 amide bonds. The van der Waals surface area contributed by atoms with Crippen LogP contribution >= 0.6 is 0 Å². The molecule has 20 heavy (non-hydrogen) atoms. The fourth-order valence-corrected chi connectivity index (χ4v) is 2.29. The van der Waals surface area contributed by atoms with Gasteiger partial charge in [-0.1, -0.05) is 24.3 Å². The molecule has 1 unspecified atom stereocenters. The Kier molecular flexibility index (Phi) is 3.04. The standard InChI is InChI=1S/C15H14N2O3/c1-20-13-5-3-2-4-10(13)14(18)9-6-7-11-12(8-9)17-15(19)16-11/h2-8,14,18H,1H3,(H2,16,17,19). The van der Waals surface area contributed by atoms with Crippen LogP contribution in [0, 0.1) is 0 Å². The summed E-state index contributed by atoms with van der Waals surface area (Å²) in [7, 11) is 1.57. The molecule has 1 aromatic heterocycles. The first kappa shape index (κ1) is 12.5. The Morgan fingerprint density at radius 3 is 2.65 bits per heavy atom. The summed E-state index contributed by atoms with van der Waals surface area (Å²) in [5.41, 5.74) is 2.50. The molecular weight excluding hydrogens is 256 g/mol. The minimum atomic E-state index is -0.811. The van der Waals surface area contributed by atoms with Gasteiger partial charge in [-0.3, -0.25) is 0 Å². The van der Waals surface area contributed by atoms with Crippen LogP contribution in [0.1, 0.15) is 17.2 Å². The number of hydrogen-bond donors (Lipinski definition) is 3. The lowest BCUT2D eigenvalue weighted by Crippen LogP contribution is -2.02. The summed E-state index contributed by atoms with van der Waals surface area (Å²) < 4.78 is 5.26. The molecule has 0 aliphatic carbocycles. The summed E-state index contributed by atoms with van der Waals surface area (Å²) in [5, 5.41) is 10.5. The van der Waals surface area contributed by atoms with Crippen molar-refractivity contribution in [2.24, 2.45) is 0 Å². The highest BCUT2D eigenvalue weighted by Gasteiger charge is 2.15. The summed E-state index contributed by atoms with van der Waals surface area (Å²) in [5.74, 6) is 0.627. The molecule has 0 radical (unpaired) electrons. The van der Waals surface area contributed by atoms with Crippen LogP contribution in [0.4, 0.5) is 0 Å². The van der Waals surface area contributed by atoms with E-state index in [0.717, 1.165) is 0 Å². The molecule has 2 aromatic carbocycles. The van der Waals surface area contributed by atoms with Crippen molar-refractivity contribution in [2.75, 3.05) is 7.11 Å². The Balaban J connectivity index is 2.07. The molecule has 5 heteroatoms. The lowest BCUT2D eigenvalue weighted by molar-refractivity contribution is 0.215. The van der Waals surface area contributed by atoms with E-state index >= 15 is 0 Å². The third-order valence-corrected chi connectivity index (χ3v) is 3.29. The third-order valence-electron chi connectivity index (χ3n) is 3.29. The average Bonchev–Trinajstić information content (AvgIpc) is 2.85. The van der Waals surface area contributed by atoms with E-state index in [4.69, 9.17) is 4.74 Å². The SMILES string of the molecule is COc1ccccc1C(O)c1ccc2[nH]c(=O)[nH]c2c1. The molecule has 0 bridgehead atoms. The van der Waals surface area contributed by atoms with Gasteiger partial charge in [-0.25, -0.2) is 4.79 Å². The van der Waals surface area contributed by atoms with Crippen molar-refractivity contribution in [1.82, 2.24) is 9.97 Å². The number of fused-ring (bicyclic) bond motifs is 1. The number of methoxy groups -OCH3 is 1. The van der Waals surface area contributed by atoms with Gasteiger partial charge in [0.25, 0.3) is 0 Å². The van der Waals surface area contributed by atoms with Gasteiger partial charge < -0.3 is 19.8 Å². The zero-order valence-corrected chi connectivity index (χ0v) is 10.9. The van der Waals surface area contributed by atoms with Gasteiger partial charge in [0, 0.05) is 5.56 Å². The number of aliphatic hydroxyl groups is 1. The number of hydrogen-bond acceptors (Lipinski definition) is 3. The Morgan fingerprint density at radius 2 is 1.85 bits per heavy atom. The average molecular weight is 270 g/mol. The molecule has 1 atom stereocenters. The van der Waals surface area contributed by atoms with Gasteiger partial charge >= 0.3 is 5.69 Å². The highest BCUT2D eigenvalue weighted by molar-refractivity contribution is 5.75. The molecule has 5 nitrogen and oxygen atoms in total. The number of imidazole rings is 1. The Labute approximate surface area is 114 Å². The van der Waals surface area contributed by atoms with Crippen LogP contribution in [-0.4, -0.2) is 22.2 Å². The summed E-state index contributed by atoms with van der Waals surface area (Å²) in [6.45, 7) is 0. The van der Waals surface area contributed by atoms with Gasteiger partial charge in [0.2, 0.25) is 0 Å². The molecule has 0 spiro atoms. The van der Waals surface area contributed by atoms with Gasteiger partial charge in [-0.2, -0.15) is 0 Å². The zero-order chi connectivity index (χ0) is 14.1. The molecule has 0 aliphatic heterocycles. The predicted molar refractivity (Wildman–Crippen MR) is 76.0 cm³/mol. The molecule has 0 saturated carbocycles. The first-order valence-corrected chi connectivity index (χ1v) is 6.22. The first-order chi connectivity index (χ1) is 9.69. The van der Waals surface area contributed by atoms with Crippen molar-refractivity contribution < 1.29 is 9.84 Å². The molecule has 0 fully saturated rings. The van der Waals surface area contributed by atoms with E-state index in [1.807, 2.05) is 18.2 Å². The van der Waals surface area contributed by atoms with Gasteiger partial charge in [0.05, 0.1) is 18.1 Å². The van der Waals surface area contributed by atoms with Crippen molar-refractivity contribution in [3.63, 3.8) is 0 Å². The van der Waals surface area contributed by atoms with Gasteiger partial charge in [-0.15, -0.1) is 0 Å². The van der Waals surface area contributed by atoms with Crippen molar-refractivity contribution in [3.05, 3.63) is 64.1 Å². The molecule has 0 aliphatic rings. The summed E-state index contributed by atoms with van der Waals surface area (Å²) in [6, 6.07) is 12.6. The predicted octanol–water partition coefficient (Wildman–Crippen LogP) is 1.95. The number of aliphatic hydroxyl groups excluding tert-OH is 1. The minimum Gasteiger partial charge on any atom is -0.496 e. The maximum absolute atomic E-state index is 11.2. The fraction of sp³-hybridized carbons (Fsp3) is 0.133. The molecule has 102 valence electrons. The van der Waals surface area contributed by atoms with Crippen LogP contribution in [-0.2, 0) is 0 Å². The molecule has 1 heterocycles. The zero-order valence-electron chi connectivity index (χ0n) is 10.9. The minimum absolute atomic E-state index is 0.260. The van der Waals surface area contributed by atoms with E-state index in [1.54, 1.807) is 31.4 Å². The number of aromatic nitrogens is 2. The quantitative estimate of drug-likeness (QED) is 0.680. The number of H-pyrrole nitrogens is 2. The molecule has 3 aromatic rings. The summed E-state index contributed by atoms with van der Waals surface area (Å²) in [4.78, 5) is 16.6. The van der Waals surface area contributed by atoms with Crippen LogP contribution in [0.25, 0.3) is 11.0 Å². The van der Waals surface area contributed by atoms with E-state index in [-0.39, 0.29) is 5.69 Å². The topological polar surface area (TPSA) is 78.1 Å². The maximum Gasteiger partial charge on any atom is 0.323 e.